The van der Waals surface area contributed by atoms with E-state index in [4.69, 9.17) is 0 Å². The summed E-state index contributed by atoms with van der Waals surface area (Å²) in [4.78, 5) is 23.6. The summed E-state index contributed by atoms with van der Waals surface area (Å²) in [7, 11) is 1.31. The van der Waals surface area contributed by atoms with Gasteiger partial charge >= 0.3 is 5.97 Å². The molecule has 3 aromatic rings. The molecule has 0 aliphatic rings. The van der Waals surface area contributed by atoms with Gasteiger partial charge < -0.3 is 15.2 Å². The van der Waals surface area contributed by atoms with E-state index in [1.54, 1.807) is 24.3 Å². The van der Waals surface area contributed by atoms with E-state index in [2.05, 4.69) is 10.1 Å². The Bertz CT molecular complexity index is 945. The first-order valence-corrected chi connectivity index (χ1v) is 8.72. The number of methoxy groups -OCH3 is 1. The van der Waals surface area contributed by atoms with Gasteiger partial charge in [-0.3, -0.25) is 4.79 Å². The monoisotopic (exact) mass is 363 g/mol. The third kappa shape index (κ3) is 4.33. The summed E-state index contributed by atoms with van der Waals surface area (Å²) in [6.45, 7) is 0.335. The molecule has 3 rings (SSSR count). The van der Waals surface area contributed by atoms with Crippen molar-refractivity contribution in [2.75, 3.05) is 13.7 Å². The second-order valence-corrected chi connectivity index (χ2v) is 6.20. The highest BCUT2D eigenvalue weighted by Crippen LogP contribution is 2.25. The average Bonchev–Trinajstić information content (AvgIpc) is 2.72. The van der Waals surface area contributed by atoms with Crippen LogP contribution in [0.5, 0.6) is 0 Å². The van der Waals surface area contributed by atoms with Crippen LogP contribution in [0, 0.1) is 0 Å². The molecule has 5 heteroatoms. The molecule has 0 aromatic heterocycles. The summed E-state index contributed by atoms with van der Waals surface area (Å²) in [5.41, 5.74) is 1.69. The Morgan fingerprint density at radius 2 is 1.63 bits per heavy atom. The Balaban J connectivity index is 1.59. The molecule has 5 nitrogen and oxygen atoms in total. The van der Waals surface area contributed by atoms with E-state index >= 15 is 0 Å². The van der Waals surface area contributed by atoms with Crippen LogP contribution in [-0.2, 0) is 4.74 Å². The molecular weight excluding hydrogens is 342 g/mol. The molecule has 0 saturated carbocycles. The molecule has 2 N–H and O–H groups in total. The third-order valence-electron chi connectivity index (χ3n) is 4.45. The summed E-state index contributed by atoms with van der Waals surface area (Å²) < 4.78 is 4.63. The molecule has 0 radical (unpaired) electrons. The predicted molar refractivity (Wildman–Crippen MR) is 104 cm³/mol. The summed E-state index contributed by atoms with van der Waals surface area (Å²) in [6.07, 6.45) is -0.266. The van der Waals surface area contributed by atoms with Gasteiger partial charge in [-0.1, -0.05) is 42.5 Å². The highest BCUT2D eigenvalue weighted by atomic mass is 16.5. The number of aliphatic hydroxyl groups is 1. The molecule has 0 bridgehead atoms. The standard InChI is InChI=1S/C22H21NO4/c1-27-22(26)17-11-9-16(10-12-17)21(25)23-14-13-20(24)19-8-4-6-15-5-2-3-7-18(15)19/h2-12,20,24H,13-14H2,1H3,(H,23,25)/t20-/m1/s1. The molecule has 0 aliphatic heterocycles. The minimum absolute atomic E-state index is 0.253. The summed E-state index contributed by atoms with van der Waals surface area (Å²) in [6, 6.07) is 20.0. The molecule has 0 aliphatic carbocycles. The van der Waals surface area contributed by atoms with Crippen LogP contribution in [0.15, 0.2) is 66.7 Å². The van der Waals surface area contributed by atoms with Crippen LogP contribution in [0.25, 0.3) is 10.8 Å². The van der Waals surface area contributed by atoms with Crippen LogP contribution in [0.2, 0.25) is 0 Å². The van der Waals surface area contributed by atoms with Crippen molar-refractivity contribution < 1.29 is 19.4 Å². The first kappa shape index (κ1) is 18.6. The minimum atomic E-state index is -0.668. The zero-order valence-electron chi connectivity index (χ0n) is 15.0. The second-order valence-electron chi connectivity index (χ2n) is 6.20. The number of hydrogen-bond acceptors (Lipinski definition) is 4. The van der Waals surface area contributed by atoms with Crippen LogP contribution in [-0.4, -0.2) is 30.6 Å². The van der Waals surface area contributed by atoms with Crippen LogP contribution >= 0.6 is 0 Å². The number of carbonyl (C=O) groups excluding carboxylic acids is 2. The van der Waals surface area contributed by atoms with Gasteiger partial charge in [0.25, 0.3) is 5.91 Å². The first-order chi connectivity index (χ1) is 13.1. The lowest BCUT2D eigenvalue weighted by Gasteiger charge is -2.14. The SMILES string of the molecule is COC(=O)c1ccc(C(=O)NCC[C@@H](O)c2cccc3ccccc23)cc1. The Labute approximate surface area is 157 Å². The number of benzene rings is 3. The van der Waals surface area contributed by atoms with E-state index in [-0.39, 0.29) is 5.91 Å². The zero-order valence-corrected chi connectivity index (χ0v) is 15.0. The van der Waals surface area contributed by atoms with Crippen molar-refractivity contribution in [1.82, 2.24) is 5.32 Å². The average molecular weight is 363 g/mol. The van der Waals surface area contributed by atoms with Gasteiger partial charge in [0.15, 0.2) is 0 Å². The summed E-state index contributed by atoms with van der Waals surface area (Å²) >= 11 is 0. The molecule has 0 unspecified atom stereocenters. The molecule has 1 amide bonds. The van der Waals surface area contributed by atoms with Crippen LogP contribution in [0.4, 0.5) is 0 Å². The zero-order chi connectivity index (χ0) is 19.2. The van der Waals surface area contributed by atoms with E-state index in [1.165, 1.54) is 7.11 Å². The van der Waals surface area contributed by atoms with E-state index < -0.39 is 12.1 Å². The smallest absolute Gasteiger partial charge is 0.337 e. The van der Waals surface area contributed by atoms with Gasteiger partial charge in [-0.05, 0) is 47.0 Å². The maximum atomic E-state index is 12.2. The van der Waals surface area contributed by atoms with Crippen molar-refractivity contribution in [3.63, 3.8) is 0 Å². The molecule has 1 atom stereocenters. The molecule has 0 fully saturated rings. The number of ether oxygens (including phenoxy) is 1. The Morgan fingerprint density at radius 1 is 0.963 bits per heavy atom. The van der Waals surface area contributed by atoms with Crippen molar-refractivity contribution in [1.29, 1.82) is 0 Å². The van der Waals surface area contributed by atoms with Crippen LogP contribution in [0.1, 0.15) is 38.8 Å². The van der Waals surface area contributed by atoms with Crippen molar-refractivity contribution in [2.45, 2.75) is 12.5 Å². The maximum Gasteiger partial charge on any atom is 0.337 e. The molecular formula is C22H21NO4. The predicted octanol–water partition coefficient (Wildman–Crippen LogP) is 3.48. The fraction of sp³-hybridized carbons (Fsp3) is 0.182. The molecule has 0 spiro atoms. The van der Waals surface area contributed by atoms with Gasteiger partial charge in [-0.25, -0.2) is 4.79 Å². The van der Waals surface area contributed by atoms with Gasteiger partial charge in [0, 0.05) is 12.1 Å². The van der Waals surface area contributed by atoms with Gasteiger partial charge in [0.05, 0.1) is 18.8 Å². The van der Waals surface area contributed by atoms with Crippen molar-refractivity contribution in [3.8, 4) is 0 Å². The van der Waals surface area contributed by atoms with Crippen LogP contribution in [0.3, 0.4) is 0 Å². The van der Waals surface area contributed by atoms with Crippen LogP contribution < -0.4 is 5.32 Å². The van der Waals surface area contributed by atoms with Crippen molar-refractivity contribution >= 4 is 22.6 Å². The Morgan fingerprint density at radius 3 is 2.37 bits per heavy atom. The quantitative estimate of drug-likeness (QED) is 0.658. The fourth-order valence-electron chi connectivity index (χ4n) is 3.00. The normalized spacial score (nSPS) is 11.8. The van der Waals surface area contributed by atoms with Gasteiger partial charge in [0.1, 0.15) is 0 Å². The lowest BCUT2D eigenvalue weighted by atomic mass is 9.99. The lowest BCUT2D eigenvalue weighted by molar-refractivity contribution is 0.0600. The molecule has 0 saturated heterocycles. The minimum Gasteiger partial charge on any atom is -0.465 e. The number of nitrogens with one attached hydrogen (secondary N) is 1. The number of amides is 1. The molecule has 0 heterocycles. The van der Waals surface area contributed by atoms with Gasteiger partial charge in [0.2, 0.25) is 0 Å². The van der Waals surface area contributed by atoms with E-state index in [9.17, 15) is 14.7 Å². The van der Waals surface area contributed by atoms with E-state index in [0.29, 0.717) is 24.1 Å². The number of carbonyl (C=O) groups is 2. The summed E-state index contributed by atoms with van der Waals surface area (Å²) in [5, 5.41) is 15.4. The summed E-state index contributed by atoms with van der Waals surface area (Å²) in [5.74, 6) is -0.697. The first-order valence-electron chi connectivity index (χ1n) is 8.72. The van der Waals surface area contributed by atoms with E-state index in [1.807, 2.05) is 42.5 Å². The van der Waals surface area contributed by atoms with Crippen molar-refractivity contribution in [2.24, 2.45) is 0 Å². The number of aliphatic hydroxyl groups excluding tert-OH is 1. The van der Waals surface area contributed by atoms with Gasteiger partial charge in [-0.2, -0.15) is 0 Å². The maximum absolute atomic E-state index is 12.2. The molecule has 3 aromatic carbocycles. The molecule has 27 heavy (non-hydrogen) atoms. The number of rotatable bonds is 6. The Hall–Kier alpha value is -3.18. The number of fused-ring (bicyclic) bond motifs is 1. The fourth-order valence-corrected chi connectivity index (χ4v) is 3.00. The third-order valence-corrected chi connectivity index (χ3v) is 4.45. The lowest BCUT2D eigenvalue weighted by Crippen LogP contribution is -2.25. The highest BCUT2D eigenvalue weighted by Gasteiger charge is 2.13. The number of esters is 1. The van der Waals surface area contributed by atoms with E-state index in [0.717, 1.165) is 16.3 Å². The molecule has 138 valence electrons. The number of hydrogen-bond donors (Lipinski definition) is 2. The largest absolute Gasteiger partial charge is 0.465 e. The van der Waals surface area contributed by atoms with Crippen molar-refractivity contribution in [3.05, 3.63) is 83.4 Å². The van der Waals surface area contributed by atoms with Gasteiger partial charge in [-0.15, -0.1) is 0 Å². The topological polar surface area (TPSA) is 75.6 Å². The second kappa shape index (κ2) is 8.47. The Kier molecular flexibility index (Phi) is 5.84. The highest BCUT2D eigenvalue weighted by molar-refractivity contribution is 5.96.